The molecule has 2 N–H and O–H groups in total. The fourth-order valence-electron chi connectivity index (χ4n) is 3.24. The number of amides is 2. The van der Waals surface area contributed by atoms with Gasteiger partial charge in [-0.05, 0) is 44.7 Å². The molecule has 1 fully saturated rings. The molecule has 0 aliphatic carbocycles. The Labute approximate surface area is 166 Å². The van der Waals surface area contributed by atoms with Gasteiger partial charge in [0.15, 0.2) is 5.03 Å². The number of aromatic nitrogens is 2. The summed E-state index contributed by atoms with van der Waals surface area (Å²) in [7, 11) is -1.84. The number of nitrogens with zero attached hydrogens (tertiary/aromatic N) is 3. The molecule has 0 saturated carbocycles. The predicted molar refractivity (Wildman–Crippen MR) is 108 cm³/mol. The van der Waals surface area contributed by atoms with Gasteiger partial charge >= 0.3 is 6.03 Å². The number of sulfonamides is 1. The van der Waals surface area contributed by atoms with Crippen LogP contribution in [0.3, 0.4) is 0 Å². The number of carbonyl (C=O) groups is 1. The summed E-state index contributed by atoms with van der Waals surface area (Å²) in [5.74, 6) is 0.721. The molecule has 1 atom stereocenters. The number of hydrogen-bond acceptors (Lipinski definition) is 4. The first kappa shape index (κ1) is 20.3. The van der Waals surface area contributed by atoms with E-state index in [0.717, 1.165) is 24.1 Å². The van der Waals surface area contributed by atoms with Crippen molar-refractivity contribution in [1.82, 2.24) is 19.2 Å². The summed E-state index contributed by atoms with van der Waals surface area (Å²) in [6.45, 7) is 5.03. The molecule has 3 rings (SSSR count). The minimum Gasteiger partial charge on any atom is -0.338 e. The van der Waals surface area contributed by atoms with Gasteiger partial charge in [0, 0.05) is 38.6 Å². The monoisotopic (exact) mass is 405 g/mol. The maximum Gasteiger partial charge on any atom is 0.319 e. The van der Waals surface area contributed by atoms with E-state index in [0.29, 0.717) is 25.5 Å². The normalized spacial score (nSPS) is 18.0. The van der Waals surface area contributed by atoms with Crippen molar-refractivity contribution in [2.24, 2.45) is 13.0 Å². The molecule has 152 valence electrons. The van der Waals surface area contributed by atoms with Crippen molar-refractivity contribution < 1.29 is 13.2 Å². The molecule has 1 aromatic carbocycles. The zero-order valence-electron chi connectivity index (χ0n) is 16.5. The van der Waals surface area contributed by atoms with Crippen LogP contribution in [-0.2, 0) is 17.1 Å². The van der Waals surface area contributed by atoms with E-state index < -0.39 is 10.0 Å². The van der Waals surface area contributed by atoms with E-state index >= 15 is 0 Å². The van der Waals surface area contributed by atoms with Crippen LogP contribution in [0.2, 0.25) is 0 Å². The van der Waals surface area contributed by atoms with E-state index in [1.54, 1.807) is 24.7 Å². The van der Waals surface area contributed by atoms with Gasteiger partial charge < -0.3 is 15.2 Å². The van der Waals surface area contributed by atoms with Crippen molar-refractivity contribution in [3.63, 3.8) is 0 Å². The Balaban J connectivity index is 1.56. The van der Waals surface area contributed by atoms with Gasteiger partial charge in [-0.3, -0.25) is 0 Å². The fourth-order valence-corrected chi connectivity index (χ4v) is 4.82. The van der Waals surface area contributed by atoms with Crippen LogP contribution in [0.5, 0.6) is 0 Å². The smallest absolute Gasteiger partial charge is 0.319 e. The molecule has 2 amide bonds. The number of anilines is 1. The summed E-state index contributed by atoms with van der Waals surface area (Å²) in [6.07, 6.45) is 3.18. The molecule has 0 radical (unpaired) electrons. The number of nitrogens with one attached hydrogen (secondary N) is 2. The van der Waals surface area contributed by atoms with Crippen LogP contribution in [0.4, 0.5) is 10.5 Å². The van der Waals surface area contributed by atoms with Crippen LogP contribution in [0.15, 0.2) is 35.5 Å². The van der Waals surface area contributed by atoms with E-state index in [1.807, 2.05) is 31.2 Å². The summed E-state index contributed by atoms with van der Waals surface area (Å²) in [5, 5.41) is 5.72. The highest BCUT2D eigenvalue weighted by Gasteiger charge is 2.32. The molecule has 2 aromatic rings. The number of urea groups is 1. The molecular formula is C19H27N5O3S. The topological polar surface area (TPSA) is 96.3 Å². The maximum absolute atomic E-state index is 12.9. The summed E-state index contributed by atoms with van der Waals surface area (Å²) in [5.41, 5.74) is 1.85. The molecule has 1 saturated heterocycles. The lowest BCUT2D eigenvalue weighted by molar-refractivity contribution is 0.238. The molecule has 9 heteroatoms. The number of piperidine rings is 1. The van der Waals surface area contributed by atoms with Crippen molar-refractivity contribution >= 4 is 21.7 Å². The van der Waals surface area contributed by atoms with E-state index in [4.69, 9.17) is 0 Å². The second kappa shape index (κ2) is 8.32. The first-order chi connectivity index (χ1) is 13.3. The summed E-state index contributed by atoms with van der Waals surface area (Å²) < 4.78 is 28.9. The summed E-state index contributed by atoms with van der Waals surface area (Å²) >= 11 is 0. The quantitative estimate of drug-likeness (QED) is 0.797. The number of imidazole rings is 1. The van der Waals surface area contributed by atoms with Gasteiger partial charge in [-0.15, -0.1) is 0 Å². The Kier molecular flexibility index (Phi) is 6.04. The van der Waals surface area contributed by atoms with Crippen molar-refractivity contribution in [3.05, 3.63) is 41.9 Å². The third kappa shape index (κ3) is 4.71. The Morgan fingerprint density at radius 3 is 2.61 bits per heavy atom. The zero-order valence-corrected chi connectivity index (χ0v) is 17.3. The molecule has 0 bridgehead atoms. The second-order valence-corrected chi connectivity index (χ2v) is 9.19. The van der Waals surface area contributed by atoms with Gasteiger partial charge in [0.05, 0.1) is 0 Å². The van der Waals surface area contributed by atoms with Gasteiger partial charge in [0.2, 0.25) is 0 Å². The Morgan fingerprint density at radius 1 is 1.25 bits per heavy atom. The lowest BCUT2D eigenvalue weighted by Crippen LogP contribution is -2.44. The molecule has 1 aliphatic heterocycles. The standard InChI is InChI=1S/C19H27N5O3S/c1-14-6-8-17(9-7-14)22-19(25)20-11-16-5-4-10-24(12-16)28(26,27)18-13-23(3)15(2)21-18/h6-9,13,16H,4-5,10-12H2,1-3H3,(H2,20,22,25). The number of carbonyl (C=O) groups excluding carboxylic acids is 1. The van der Waals surface area contributed by atoms with Gasteiger partial charge in [0.25, 0.3) is 10.0 Å². The van der Waals surface area contributed by atoms with Crippen LogP contribution in [0.1, 0.15) is 24.2 Å². The first-order valence-electron chi connectivity index (χ1n) is 9.37. The maximum atomic E-state index is 12.9. The second-order valence-electron chi connectivity index (χ2n) is 7.31. The molecule has 2 heterocycles. The van der Waals surface area contributed by atoms with Crippen molar-refractivity contribution in [3.8, 4) is 0 Å². The van der Waals surface area contributed by atoms with Crippen LogP contribution < -0.4 is 10.6 Å². The highest BCUT2D eigenvalue weighted by Crippen LogP contribution is 2.23. The molecule has 1 unspecified atom stereocenters. The Morgan fingerprint density at radius 2 is 1.96 bits per heavy atom. The van der Waals surface area contributed by atoms with Crippen LogP contribution in [0.25, 0.3) is 0 Å². The fraction of sp³-hybridized carbons (Fsp3) is 0.474. The molecule has 0 spiro atoms. The highest BCUT2D eigenvalue weighted by atomic mass is 32.2. The molecule has 1 aromatic heterocycles. The summed E-state index contributed by atoms with van der Waals surface area (Å²) in [4.78, 5) is 16.3. The Bertz CT molecular complexity index is 917. The van der Waals surface area contributed by atoms with Crippen LogP contribution >= 0.6 is 0 Å². The number of hydrogen-bond donors (Lipinski definition) is 2. The van der Waals surface area contributed by atoms with Gasteiger partial charge in [0.1, 0.15) is 5.82 Å². The molecular weight excluding hydrogens is 378 g/mol. The third-order valence-corrected chi connectivity index (χ3v) is 6.77. The van der Waals surface area contributed by atoms with Gasteiger partial charge in [-0.25, -0.2) is 18.2 Å². The molecule has 1 aliphatic rings. The highest BCUT2D eigenvalue weighted by molar-refractivity contribution is 7.89. The van der Waals surface area contributed by atoms with Crippen molar-refractivity contribution in [2.75, 3.05) is 25.0 Å². The molecule has 8 nitrogen and oxygen atoms in total. The number of aryl methyl sites for hydroxylation is 3. The van der Waals surface area contributed by atoms with Crippen molar-refractivity contribution in [2.45, 2.75) is 31.7 Å². The van der Waals surface area contributed by atoms with Gasteiger partial charge in [-0.1, -0.05) is 17.7 Å². The Hall–Kier alpha value is -2.39. The predicted octanol–water partition coefficient (Wildman–Crippen LogP) is 2.26. The minimum atomic E-state index is -3.61. The van der Waals surface area contributed by atoms with Crippen LogP contribution in [-0.4, -0.2) is 47.9 Å². The van der Waals surface area contributed by atoms with Crippen LogP contribution in [0, 0.1) is 19.8 Å². The van der Waals surface area contributed by atoms with E-state index in [1.165, 1.54) is 4.31 Å². The first-order valence-corrected chi connectivity index (χ1v) is 10.8. The SMILES string of the molecule is Cc1ccc(NC(=O)NCC2CCCN(S(=O)(=O)c3cn(C)c(C)n3)C2)cc1. The summed E-state index contributed by atoms with van der Waals surface area (Å²) in [6, 6.07) is 7.26. The van der Waals surface area contributed by atoms with E-state index in [9.17, 15) is 13.2 Å². The lowest BCUT2D eigenvalue weighted by Gasteiger charge is -2.31. The minimum absolute atomic E-state index is 0.0668. The zero-order chi connectivity index (χ0) is 20.3. The van der Waals surface area contributed by atoms with E-state index in [-0.39, 0.29) is 17.0 Å². The number of benzene rings is 1. The average molecular weight is 406 g/mol. The third-order valence-electron chi connectivity index (χ3n) is 5.03. The van der Waals surface area contributed by atoms with Crippen molar-refractivity contribution in [1.29, 1.82) is 0 Å². The largest absolute Gasteiger partial charge is 0.338 e. The van der Waals surface area contributed by atoms with Gasteiger partial charge in [-0.2, -0.15) is 4.31 Å². The lowest BCUT2D eigenvalue weighted by atomic mass is 10.00. The van der Waals surface area contributed by atoms with E-state index in [2.05, 4.69) is 15.6 Å². The average Bonchev–Trinajstić information content (AvgIpc) is 3.02. The molecule has 28 heavy (non-hydrogen) atoms. The number of rotatable bonds is 5.